The van der Waals surface area contributed by atoms with Crippen LogP contribution in [0.3, 0.4) is 0 Å². The Labute approximate surface area is 122 Å². The molecule has 1 aliphatic heterocycles. The van der Waals surface area contributed by atoms with E-state index in [-0.39, 0.29) is 5.92 Å². The van der Waals surface area contributed by atoms with E-state index in [9.17, 15) is 5.11 Å². The third-order valence-corrected chi connectivity index (χ3v) is 4.17. The Balaban J connectivity index is 2.08. The Morgan fingerprint density at radius 1 is 1.40 bits per heavy atom. The molecular weight excluding hydrogens is 246 g/mol. The minimum atomic E-state index is -0.888. The van der Waals surface area contributed by atoms with E-state index in [4.69, 9.17) is 0 Å². The Morgan fingerprint density at radius 3 is 2.75 bits per heavy atom. The molecule has 1 saturated heterocycles. The molecule has 0 saturated carbocycles. The molecule has 0 spiro atoms. The first-order chi connectivity index (χ1) is 9.55. The molecule has 106 valence electrons. The average Bonchev–Trinajstić information content (AvgIpc) is 2.44. The summed E-state index contributed by atoms with van der Waals surface area (Å²) in [7, 11) is 0. The van der Waals surface area contributed by atoms with Gasteiger partial charge in [0.25, 0.3) is 0 Å². The van der Waals surface area contributed by atoms with E-state index in [2.05, 4.69) is 61.4 Å². The molecule has 20 heavy (non-hydrogen) atoms. The Hall–Kier alpha value is -1.56. The first-order valence-corrected chi connectivity index (χ1v) is 7.19. The van der Waals surface area contributed by atoms with Crippen LogP contribution in [-0.2, 0) is 6.54 Å². The molecular formula is C18H23NO. The average molecular weight is 269 g/mol. The molecule has 3 atom stereocenters. The van der Waals surface area contributed by atoms with Gasteiger partial charge in [-0.3, -0.25) is 4.90 Å². The third kappa shape index (κ3) is 3.30. The summed E-state index contributed by atoms with van der Waals surface area (Å²) < 4.78 is 0. The second-order valence-corrected chi connectivity index (χ2v) is 5.77. The van der Waals surface area contributed by atoms with Gasteiger partial charge in [0, 0.05) is 31.5 Å². The van der Waals surface area contributed by atoms with Crippen LogP contribution in [-0.4, -0.2) is 28.2 Å². The van der Waals surface area contributed by atoms with Crippen molar-refractivity contribution in [3.05, 3.63) is 48.6 Å². The molecule has 0 radical (unpaired) electrons. The number of hydrogen-bond acceptors (Lipinski definition) is 2. The molecule has 1 fully saturated rings. The Kier molecular flexibility index (Phi) is 4.65. The molecule has 2 heteroatoms. The number of aliphatic hydroxyl groups is 1. The summed E-state index contributed by atoms with van der Waals surface area (Å²) >= 11 is 0. The lowest BCUT2D eigenvalue weighted by molar-refractivity contribution is -0.0459. The van der Waals surface area contributed by atoms with Crippen molar-refractivity contribution in [1.82, 2.24) is 4.90 Å². The highest BCUT2D eigenvalue weighted by Gasteiger charge is 2.40. The zero-order chi connectivity index (χ0) is 14.6. The Bertz CT molecular complexity index is 513. The van der Waals surface area contributed by atoms with E-state index in [1.54, 1.807) is 6.08 Å². The van der Waals surface area contributed by atoms with Gasteiger partial charge in [-0.15, -0.1) is 0 Å². The molecule has 1 aliphatic rings. The number of likely N-dealkylation sites (tertiary alicyclic amines) is 1. The van der Waals surface area contributed by atoms with Crippen molar-refractivity contribution in [2.45, 2.75) is 38.5 Å². The molecule has 3 unspecified atom stereocenters. The molecule has 0 aromatic heterocycles. The van der Waals surface area contributed by atoms with Crippen molar-refractivity contribution >= 4 is 0 Å². The van der Waals surface area contributed by atoms with Crippen molar-refractivity contribution in [2.75, 3.05) is 6.54 Å². The van der Waals surface area contributed by atoms with Crippen LogP contribution < -0.4 is 0 Å². The van der Waals surface area contributed by atoms with Crippen molar-refractivity contribution in [2.24, 2.45) is 5.92 Å². The first-order valence-electron chi connectivity index (χ1n) is 7.19. The lowest BCUT2D eigenvalue weighted by Gasteiger charge is -2.44. The fourth-order valence-electron chi connectivity index (χ4n) is 2.85. The molecule has 2 rings (SSSR count). The second kappa shape index (κ2) is 6.26. The lowest BCUT2D eigenvalue weighted by Crippen LogP contribution is -2.53. The molecule has 1 N–H and O–H groups in total. The normalized spacial score (nSPS) is 30.4. The summed E-state index contributed by atoms with van der Waals surface area (Å²) in [5, 5.41) is 10.7. The SMILES string of the molecule is C=CC#CC1(O)CC(C)N(Cc2ccccc2)CC1C. The fourth-order valence-corrected chi connectivity index (χ4v) is 2.85. The van der Waals surface area contributed by atoms with Gasteiger partial charge in [-0.25, -0.2) is 0 Å². The van der Waals surface area contributed by atoms with Crippen LogP contribution in [0, 0.1) is 17.8 Å². The molecule has 0 aliphatic carbocycles. The molecule has 1 aromatic carbocycles. The van der Waals surface area contributed by atoms with Crippen molar-refractivity contribution in [3.8, 4) is 11.8 Å². The molecule has 1 heterocycles. The van der Waals surface area contributed by atoms with E-state index >= 15 is 0 Å². The molecule has 2 nitrogen and oxygen atoms in total. The van der Waals surface area contributed by atoms with Crippen molar-refractivity contribution < 1.29 is 5.11 Å². The summed E-state index contributed by atoms with van der Waals surface area (Å²) in [4.78, 5) is 2.42. The molecule has 0 amide bonds. The van der Waals surface area contributed by atoms with Crippen LogP contribution in [0.25, 0.3) is 0 Å². The van der Waals surface area contributed by atoms with Crippen LogP contribution in [0.4, 0.5) is 0 Å². The van der Waals surface area contributed by atoms with Crippen LogP contribution in [0.2, 0.25) is 0 Å². The summed E-state index contributed by atoms with van der Waals surface area (Å²) in [5.41, 5.74) is 0.426. The highest BCUT2D eigenvalue weighted by atomic mass is 16.3. The topological polar surface area (TPSA) is 23.5 Å². The van der Waals surface area contributed by atoms with Gasteiger partial charge in [-0.05, 0) is 18.6 Å². The monoisotopic (exact) mass is 269 g/mol. The van der Waals surface area contributed by atoms with E-state index in [1.807, 2.05) is 6.07 Å². The minimum absolute atomic E-state index is 0.134. The number of nitrogens with zero attached hydrogens (tertiary/aromatic N) is 1. The number of hydrogen-bond donors (Lipinski definition) is 1. The minimum Gasteiger partial charge on any atom is -0.377 e. The van der Waals surface area contributed by atoms with E-state index in [1.165, 1.54) is 5.56 Å². The molecule has 1 aromatic rings. The second-order valence-electron chi connectivity index (χ2n) is 5.77. The predicted octanol–water partition coefficient (Wildman–Crippen LogP) is 2.84. The molecule has 0 bridgehead atoms. The number of rotatable bonds is 2. The van der Waals surface area contributed by atoms with E-state index in [0.717, 1.165) is 13.1 Å². The van der Waals surface area contributed by atoms with Gasteiger partial charge in [0.1, 0.15) is 5.60 Å². The summed E-state index contributed by atoms with van der Waals surface area (Å²) in [6, 6.07) is 10.8. The van der Waals surface area contributed by atoms with Gasteiger partial charge in [-0.1, -0.05) is 55.7 Å². The quantitative estimate of drug-likeness (QED) is 0.835. The summed E-state index contributed by atoms with van der Waals surface area (Å²) in [5.74, 6) is 5.93. The largest absolute Gasteiger partial charge is 0.377 e. The fraction of sp³-hybridized carbons (Fsp3) is 0.444. The maximum atomic E-state index is 10.7. The van der Waals surface area contributed by atoms with E-state index in [0.29, 0.717) is 12.5 Å². The van der Waals surface area contributed by atoms with Gasteiger partial charge >= 0.3 is 0 Å². The van der Waals surface area contributed by atoms with Crippen LogP contribution >= 0.6 is 0 Å². The van der Waals surface area contributed by atoms with Crippen molar-refractivity contribution in [1.29, 1.82) is 0 Å². The number of piperidine rings is 1. The standard InChI is InChI=1S/C18H23NO/c1-4-5-11-18(20)12-16(3)19(13-15(18)2)14-17-9-7-6-8-10-17/h4,6-10,15-16,20H,1,12-14H2,2-3H3. The number of benzene rings is 1. The van der Waals surface area contributed by atoms with Crippen LogP contribution in [0.5, 0.6) is 0 Å². The highest BCUT2D eigenvalue weighted by molar-refractivity contribution is 5.24. The maximum Gasteiger partial charge on any atom is 0.131 e. The lowest BCUT2D eigenvalue weighted by atomic mass is 9.79. The van der Waals surface area contributed by atoms with Crippen molar-refractivity contribution in [3.63, 3.8) is 0 Å². The predicted molar refractivity (Wildman–Crippen MR) is 83.0 cm³/mol. The highest BCUT2D eigenvalue weighted by Crippen LogP contribution is 2.32. The van der Waals surface area contributed by atoms with Gasteiger partial charge in [0.2, 0.25) is 0 Å². The van der Waals surface area contributed by atoms with Crippen LogP contribution in [0.1, 0.15) is 25.8 Å². The van der Waals surface area contributed by atoms with Gasteiger partial charge in [0.15, 0.2) is 0 Å². The smallest absolute Gasteiger partial charge is 0.131 e. The van der Waals surface area contributed by atoms with Gasteiger partial charge in [0.05, 0.1) is 0 Å². The van der Waals surface area contributed by atoms with Crippen LogP contribution in [0.15, 0.2) is 43.0 Å². The summed E-state index contributed by atoms with van der Waals surface area (Å²) in [6.45, 7) is 9.62. The van der Waals surface area contributed by atoms with Gasteiger partial charge in [-0.2, -0.15) is 0 Å². The van der Waals surface area contributed by atoms with Gasteiger partial charge < -0.3 is 5.11 Å². The van der Waals surface area contributed by atoms with E-state index < -0.39 is 5.60 Å². The first kappa shape index (κ1) is 14.8. The maximum absolute atomic E-state index is 10.7. The third-order valence-electron chi connectivity index (χ3n) is 4.17. The Morgan fingerprint density at radius 2 is 2.10 bits per heavy atom. The number of allylic oxidation sites excluding steroid dienone is 1. The zero-order valence-electron chi connectivity index (χ0n) is 12.3. The zero-order valence-corrected chi connectivity index (χ0v) is 12.3. The summed E-state index contributed by atoms with van der Waals surface area (Å²) in [6.07, 6.45) is 2.23.